The van der Waals surface area contributed by atoms with Crippen LogP contribution >= 0.6 is 23.2 Å². The molecule has 0 atom stereocenters. The average molecular weight is 919 g/mol. The van der Waals surface area contributed by atoms with Gasteiger partial charge in [-0.05, 0) is 77.9 Å². The summed E-state index contributed by atoms with van der Waals surface area (Å²) in [7, 11) is 3.30. The maximum absolute atomic E-state index is 10.6. The van der Waals surface area contributed by atoms with Gasteiger partial charge in [-0.15, -0.1) is 0 Å². The van der Waals surface area contributed by atoms with Crippen LogP contribution in [0.5, 0.6) is 23.0 Å². The van der Waals surface area contributed by atoms with E-state index < -0.39 is 24.3 Å². The van der Waals surface area contributed by atoms with Crippen molar-refractivity contribution in [1.29, 1.82) is 5.26 Å². The summed E-state index contributed by atoms with van der Waals surface area (Å²) in [5.74, 6) is -2.43. The first-order chi connectivity index (χ1) is 29.8. The Morgan fingerprint density at radius 3 is 1.94 bits per heavy atom. The minimum absolute atomic E-state index is 0.369. The molecule has 328 valence electrons. The smallest absolute Gasteiger partial charge is 0.490 e. The number of imidazole rings is 1. The lowest BCUT2D eigenvalue weighted by Gasteiger charge is -2.10. The Morgan fingerprint density at radius 2 is 1.38 bits per heavy atom. The summed E-state index contributed by atoms with van der Waals surface area (Å²) in [4.78, 5) is 27.5. The van der Waals surface area contributed by atoms with Crippen LogP contribution in [-0.2, 0) is 29.2 Å². The van der Waals surface area contributed by atoms with E-state index in [-0.39, 0.29) is 0 Å². The van der Waals surface area contributed by atoms with Gasteiger partial charge in [0.2, 0.25) is 0 Å². The number of nitrogens with zero attached hydrogens (tertiary/aromatic N) is 6. The van der Waals surface area contributed by atoms with Gasteiger partial charge in [0.1, 0.15) is 28.6 Å². The van der Waals surface area contributed by atoms with Gasteiger partial charge in [0, 0.05) is 17.0 Å². The predicted molar refractivity (Wildman–Crippen MR) is 217 cm³/mol. The zero-order valence-electron chi connectivity index (χ0n) is 32.5. The fourth-order valence-corrected chi connectivity index (χ4v) is 5.97. The highest BCUT2D eigenvalue weighted by atomic mass is 35.5. The molecule has 0 amide bonds. The van der Waals surface area contributed by atoms with Crippen LogP contribution < -0.4 is 19.5 Å². The summed E-state index contributed by atoms with van der Waals surface area (Å²) >= 11 is 12.8. The molecular formula is C41H31Cl2F6N7O7. The molecule has 3 aromatic heterocycles. The number of rotatable bonds is 11. The number of carbonyl (C=O) groups is 2. The van der Waals surface area contributed by atoms with Crippen molar-refractivity contribution < 1.29 is 60.4 Å². The number of nitriles is 1. The van der Waals surface area contributed by atoms with Gasteiger partial charge in [-0.1, -0.05) is 47.5 Å². The third-order valence-electron chi connectivity index (χ3n) is 8.52. The lowest BCUT2D eigenvalue weighted by atomic mass is 10.2. The molecule has 7 rings (SSSR count). The molecule has 0 spiro atoms. The van der Waals surface area contributed by atoms with Crippen LogP contribution in [-0.4, -0.2) is 73.0 Å². The minimum Gasteiger partial charge on any atom is -0.497 e. The van der Waals surface area contributed by atoms with Gasteiger partial charge in [-0.3, -0.25) is 0 Å². The fourth-order valence-electron chi connectivity index (χ4n) is 5.55. The second-order valence-electron chi connectivity index (χ2n) is 12.8. The number of anilines is 1. The molecule has 0 radical (unpaired) electrons. The zero-order valence-corrected chi connectivity index (χ0v) is 34.0. The van der Waals surface area contributed by atoms with Crippen molar-refractivity contribution in [3.63, 3.8) is 0 Å². The number of hydrogen-bond acceptors (Lipinski definition) is 10. The molecule has 14 nitrogen and oxygen atoms in total. The highest BCUT2D eigenvalue weighted by Gasteiger charge is 2.39. The van der Waals surface area contributed by atoms with Crippen LogP contribution in [0.25, 0.3) is 22.1 Å². The lowest BCUT2D eigenvalue weighted by molar-refractivity contribution is -0.193. The Kier molecular flexibility index (Phi) is 14.9. The molecule has 0 aliphatic carbocycles. The third kappa shape index (κ3) is 12.4. The number of aliphatic carboxylic acids is 2. The van der Waals surface area contributed by atoms with Crippen molar-refractivity contribution in [3.8, 4) is 29.1 Å². The number of nitrogens with one attached hydrogen (secondary N) is 1. The Labute approximate surface area is 362 Å². The molecule has 4 aromatic carbocycles. The van der Waals surface area contributed by atoms with E-state index in [2.05, 4.69) is 16.4 Å². The lowest BCUT2D eigenvalue weighted by Crippen LogP contribution is -2.21. The first-order valence-corrected chi connectivity index (χ1v) is 18.5. The van der Waals surface area contributed by atoms with Crippen LogP contribution in [0.2, 0.25) is 10.0 Å². The summed E-state index contributed by atoms with van der Waals surface area (Å²) in [5.41, 5.74) is 5.47. The van der Waals surface area contributed by atoms with Gasteiger partial charge in [-0.25, -0.2) is 24.2 Å². The molecule has 0 saturated heterocycles. The van der Waals surface area contributed by atoms with Gasteiger partial charge in [0.25, 0.3) is 0 Å². The van der Waals surface area contributed by atoms with Gasteiger partial charge < -0.3 is 34.3 Å². The molecule has 0 aliphatic rings. The first-order valence-electron chi connectivity index (χ1n) is 17.8. The molecule has 7 aromatic rings. The normalized spacial score (nSPS) is 11.1. The van der Waals surface area contributed by atoms with Crippen molar-refractivity contribution in [1.82, 2.24) is 24.3 Å². The van der Waals surface area contributed by atoms with Gasteiger partial charge >= 0.3 is 24.3 Å². The molecule has 63 heavy (non-hydrogen) atoms. The maximum Gasteiger partial charge on any atom is 0.490 e. The van der Waals surface area contributed by atoms with Crippen molar-refractivity contribution in [2.45, 2.75) is 32.0 Å². The van der Waals surface area contributed by atoms with Crippen molar-refractivity contribution in [2.24, 2.45) is 0 Å². The van der Waals surface area contributed by atoms with E-state index in [0.717, 1.165) is 50.7 Å². The average Bonchev–Trinajstić information content (AvgIpc) is 3.81. The Morgan fingerprint density at radius 1 is 0.794 bits per heavy atom. The highest BCUT2D eigenvalue weighted by molar-refractivity contribution is 6.33. The van der Waals surface area contributed by atoms with E-state index in [9.17, 15) is 31.6 Å². The quantitative estimate of drug-likeness (QED) is 0.104. The summed E-state index contributed by atoms with van der Waals surface area (Å²) in [6, 6.07) is 30.4. The molecule has 0 aliphatic heterocycles. The number of hydrogen-bond donors (Lipinski definition) is 3. The Bertz CT molecular complexity index is 2750. The molecule has 0 fully saturated rings. The largest absolute Gasteiger partial charge is 0.497 e. The highest BCUT2D eigenvalue weighted by Crippen LogP contribution is 2.37. The van der Waals surface area contributed by atoms with Crippen LogP contribution in [0, 0.1) is 11.3 Å². The number of halogens is 8. The Balaban J connectivity index is 0.000000463. The summed E-state index contributed by atoms with van der Waals surface area (Å²) in [6.07, 6.45) is -8.43. The van der Waals surface area contributed by atoms with E-state index in [1.54, 1.807) is 44.8 Å². The topological polar surface area (TPSA) is 187 Å². The molecule has 3 heterocycles. The van der Waals surface area contributed by atoms with Crippen molar-refractivity contribution in [2.75, 3.05) is 19.5 Å². The molecule has 0 bridgehead atoms. The summed E-state index contributed by atoms with van der Waals surface area (Å²) in [6.45, 7) is 1.53. The number of carboxylic acid groups (broad SMARTS) is 2. The Hall–Kier alpha value is -7.24. The summed E-state index contributed by atoms with van der Waals surface area (Å²) < 4.78 is 84.2. The predicted octanol–water partition coefficient (Wildman–Crippen LogP) is 9.74. The van der Waals surface area contributed by atoms with Crippen molar-refractivity contribution in [3.05, 3.63) is 130 Å². The minimum atomic E-state index is -5.08. The number of alkyl halides is 6. The van der Waals surface area contributed by atoms with Crippen LogP contribution in [0.1, 0.15) is 22.4 Å². The standard InChI is InChI=1S/C37H29Cl2N7O3.2C2HF3O2/c1-47-27-7-3-23(4-8-27)19-41-34-14-11-30-32(44-46(37(30)43-34)20-24-5-9-28(48-2)10-6-24)21-45-22-42-35-33(45)13-12-31(39)36(35)49-29-16-25(18-40)15-26(38)17-29;2*3-2(4,5)1(6)7/h3-17,22H,19-21H2,1-2H3,(H,41,43);2*(H,6,7). The molecular weight excluding hydrogens is 887 g/mol. The number of fused-ring (bicyclic) bond motifs is 2. The number of benzene rings is 4. The number of methoxy groups -OCH3 is 2. The monoisotopic (exact) mass is 917 g/mol. The zero-order chi connectivity index (χ0) is 46.1. The van der Waals surface area contributed by atoms with Crippen LogP contribution in [0.3, 0.4) is 0 Å². The van der Waals surface area contributed by atoms with Gasteiger partial charge in [0.05, 0.1) is 61.5 Å². The van der Waals surface area contributed by atoms with E-state index in [1.807, 2.05) is 76.0 Å². The van der Waals surface area contributed by atoms with E-state index in [1.165, 1.54) is 0 Å². The van der Waals surface area contributed by atoms with Gasteiger partial charge in [-0.2, -0.15) is 36.7 Å². The first kappa shape index (κ1) is 46.8. The van der Waals surface area contributed by atoms with Crippen LogP contribution in [0.4, 0.5) is 32.2 Å². The third-order valence-corrected chi connectivity index (χ3v) is 9.04. The van der Waals surface area contributed by atoms with Crippen molar-refractivity contribution >= 4 is 63.0 Å². The number of ether oxygens (including phenoxy) is 3. The van der Waals surface area contributed by atoms with E-state index in [0.29, 0.717) is 52.3 Å². The van der Waals surface area contributed by atoms with E-state index >= 15 is 0 Å². The van der Waals surface area contributed by atoms with E-state index in [4.69, 9.17) is 67.3 Å². The number of aromatic nitrogens is 5. The number of carboxylic acids is 2. The molecule has 3 N–H and O–H groups in total. The second kappa shape index (κ2) is 20.1. The van der Waals surface area contributed by atoms with Gasteiger partial charge in [0.15, 0.2) is 11.4 Å². The maximum atomic E-state index is 10.6. The SMILES string of the molecule is COc1ccc(CNc2ccc3c(Cn4cnc5c(Oc6cc(Cl)cc(C#N)c6)c(Cl)ccc54)nn(Cc4ccc(OC)cc4)c3n2)cc1.O=C(O)C(F)(F)F.O=C(O)C(F)(F)F. The second-order valence-corrected chi connectivity index (χ2v) is 13.7. The van der Waals surface area contributed by atoms with Crippen LogP contribution in [0.15, 0.2) is 97.3 Å². The fraction of sp³-hybridized carbons (Fsp3) is 0.171. The molecule has 22 heteroatoms. The molecule has 0 unspecified atom stereocenters. The number of pyridine rings is 1. The summed E-state index contributed by atoms with van der Waals surface area (Å²) in [5, 5.41) is 33.8. The molecule has 0 saturated carbocycles.